The maximum atomic E-state index is 5.24. The second-order valence-corrected chi connectivity index (χ2v) is 8.08. The lowest BCUT2D eigenvalue weighted by Gasteiger charge is -2.32. The minimum absolute atomic E-state index is 0.426. The highest BCUT2D eigenvalue weighted by atomic mass is 16.5. The predicted octanol–water partition coefficient (Wildman–Crippen LogP) is 3.51. The number of benzene rings is 2. The van der Waals surface area contributed by atoms with Crippen molar-refractivity contribution in [1.82, 2.24) is 30.0 Å². The minimum atomic E-state index is 0.426. The van der Waals surface area contributed by atoms with Crippen LogP contribution < -0.4 is 20.3 Å². The van der Waals surface area contributed by atoms with Crippen LogP contribution in [0.3, 0.4) is 0 Å². The lowest BCUT2D eigenvalue weighted by molar-refractivity contribution is 0.311. The summed E-state index contributed by atoms with van der Waals surface area (Å²) in [5.41, 5.74) is 2.79. The molecule has 0 amide bonds. The molecular formula is C24H27N9O. The summed E-state index contributed by atoms with van der Waals surface area (Å²) < 4.78 is 5.24. The molecule has 3 heterocycles. The number of likely N-dealkylation sites (N-methyl/N-ethyl adjacent to an activating group) is 1. The summed E-state index contributed by atoms with van der Waals surface area (Å²) >= 11 is 0. The van der Waals surface area contributed by atoms with Crippen LogP contribution in [0.2, 0.25) is 0 Å². The highest BCUT2D eigenvalue weighted by Crippen LogP contribution is 2.25. The predicted molar refractivity (Wildman–Crippen MR) is 133 cm³/mol. The minimum Gasteiger partial charge on any atom is -0.497 e. The molecule has 0 saturated carbocycles. The van der Waals surface area contributed by atoms with E-state index in [4.69, 9.17) is 4.74 Å². The van der Waals surface area contributed by atoms with Crippen molar-refractivity contribution < 1.29 is 4.74 Å². The van der Waals surface area contributed by atoms with Gasteiger partial charge in [0.15, 0.2) is 5.82 Å². The molecule has 1 aliphatic rings. The van der Waals surface area contributed by atoms with Crippen LogP contribution in [-0.2, 0) is 0 Å². The van der Waals surface area contributed by atoms with Gasteiger partial charge in [0.1, 0.15) is 5.75 Å². The summed E-state index contributed by atoms with van der Waals surface area (Å²) in [6, 6.07) is 19.6. The van der Waals surface area contributed by atoms with Gasteiger partial charge in [0, 0.05) is 37.9 Å². The van der Waals surface area contributed by atoms with Crippen LogP contribution in [0.1, 0.15) is 0 Å². The number of nitrogens with one attached hydrogen (secondary N) is 3. The van der Waals surface area contributed by atoms with E-state index in [0.717, 1.165) is 48.9 Å². The van der Waals surface area contributed by atoms with Crippen LogP contribution in [-0.4, -0.2) is 70.4 Å². The summed E-state index contributed by atoms with van der Waals surface area (Å²) in [5.74, 6) is 2.96. The number of ether oxygens (including phenoxy) is 1. The van der Waals surface area contributed by atoms with Crippen molar-refractivity contribution in [2.24, 2.45) is 0 Å². The first kappa shape index (κ1) is 21.7. The lowest BCUT2D eigenvalue weighted by atomic mass is 10.1. The molecule has 1 aliphatic heterocycles. The van der Waals surface area contributed by atoms with E-state index in [0.29, 0.717) is 23.7 Å². The molecule has 34 heavy (non-hydrogen) atoms. The number of aromatic nitrogens is 5. The Morgan fingerprint density at radius 1 is 0.853 bits per heavy atom. The van der Waals surface area contributed by atoms with Gasteiger partial charge >= 0.3 is 0 Å². The van der Waals surface area contributed by atoms with E-state index in [9.17, 15) is 0 Å². The van der Waals surface area contributed by atoms with Crippen LogP contribution in [0.25, 0.3) is 11.3 Å². The molecule has 1 saturated heterocycles. The second-order valence-electron chi connectivity index (χ2n) is 8.08. The summed E-state index contributed by atoms with van der Waals surface area (Å²) in [6.45, 7) is 3.63. The average molecular weight is 458 g/mol. The highest BCUT2D eigenvalue weighted by Gasteiger charge is 2.19. The molecule has 0 bridgehead atoms. The molecule has 10 heteroatoms. The Labute approximate surface area is 198 Å². The largest absolute Gasteiger partial charge is 0.497 e. The van der Waals surface area contributed by atoms with Gasteiger partial charge in [-0.05, 0) is 49.0 Å². The fourth-order valence-corrected chi connectivity index (χ4v) is 3.69. The SMILES string of the molecule is COc1ccc(-c2cc(Nc3nc(Nc4ccccc4)nc(N4CCN(C)CC4)n3)n[nH]2)cc1. The van der Waals surface area contributed by atoms with Gasteiger partial charge in [-0.25, -0.2) is 0 Å². The number of anilines is 5. The number of para-hydroxylation sites is 1. The number of H-pyrrole nitrogens is 1. The zero-order valence-corrected chi connectivity index (χ0v) is 19.2. The monoisotopic (exact) mass is 457 g/mol. The first-order chi connectivity index (χ1) is 16.7. The maximum absolute atomic E-state index is 5.24. The van der Waals surface area contributed by atoms with Crippen molar-refractivity contribution in [3.63, 3.8) is 0 Å². The van der Waals surface area contributed by atoms with Gasteiger partial charge in [0.25, 0.3) is 0 Å². The zero-order valence-electron chi connectivity index (χ0n) is 19.2. The van der Waals surface area contributed by atoms with Gasteiger partial charge in [0.05, 0.1) is 12.8 Å². The van der Waals surface area contributed by atoms with E-state index in [1.165, 1.54) is 0 Å². The van der Waals surface area contributed by atoms with Crippen LogP contribution in [0.15, 0.2) is 60.7 Å². The van der Waals surface area contributed by atoms with Crippen molar-refractivity contribution in [3.8, 4) is 17.0 Å². The van der Waals surface area contributed by atoms with Crippen LogP contribution >= 0.6 is 0 Å². The molecule has 4 aromatic rings. The summed E-state index contributed by atoms with van der Waals surface area (Å²) in [4.78, 5) is 18.4. The summed E-state index contributed by atoms with van der Waals surface area (Å²) in [5, 5.41) is 14.0. The van der Waals surface area contributed by atoms with E-state index in [1.807, 2.05) is 60.7 Å². The molecule has 3 N–H and O–H groups in total. The van der Waals surface area contributed by atoms with Crippen LogP contribution in [0.4, 0.5) is 29.4 Å². The molecule has 1 fully saturated rings. The van der Waals surface area contributed by atoms with Gasteiger partial charge < -0.3 is 25.2 Å². The van der Waals surface area contributed by atoms with Crippen molar-refractivity contribution in [3.05, 3.63) is 60.7 Å². The lowest BCUT2D eigenvalue weighted by Crippen LogP contribution is -2.45. The first-order valence-corrected chi connectivity index (χ1v) is 11.1. The number of hydrogen-bond donors (Lipinski definition) is 3. The first-order valence-electron chi connectivity index (χ1n) is 11.1. The van der Waals surface area contributed by atoms with E-state index < -0.39 is 0 Å². The van der Waals surface area contributed by atoms with Crippen molar-refractivity contribution in [2.45, 2.75) is 0 Å². The molecule has 10 nitrogen and oxygen atoms in total. The standard InChI is InChI=1S/C24H27N9O/c1-32-12-14-33(15-13-32)24-28-22(25-18-6-4-3-5-7-18)27-23(29-24)26-21-16-20(30-31-21)17-8-10-19(34-2)11-9-17/h3-11,16H,12-15H2,1-2H3,(H3,25,26,27,28,29,30,31). The van der Waals surface area contributed by atoms with Crippen LogP contribution in [0.5, 0.6) is 5.75 Å². The number of methoxy groups -OCH3 is 1. The molecule has 5 rings (SSSR count). The Morgan fingerprint density at radius 3 is 2.26 bits per heavy atom. The Hall–Kier alpha value is -4.18. The van der Waals surface area contributed by atoms with Crippen LogP contribution in [0, 0.1) is 0 Å². The third kappa shape index (κ3) is 5.07. The Bertz CT molecular complexity index is 1220. The van der Waals surface area contributed by atoms with Crippen molar-refractivity contribution in [2.75, 3.05) is 55.9 Å². The maximum Gasteiger partial charge on any atom is 0.235 e. The number of piperazine rings is 1. The third-order valence-corrected chi connectivity index (χ3v) is 5.66. The van der Waals surface area contributed by atoms with Gasteiger partial charge in [0.2, 0.25) is 17.8 Å². The topological polar surface area (TPSA) is 107 Å². The van der Waals surface area contributed by atoms with Gasteiger partial charge in [-0.1, -0.05) is 18.2 Å². The fourth-order valence-electron chi connectivity index (χ4n) is 3.69. The zero-order chi connectivity index (χ0) is 23.3. The van der Waals surface area contributed by atoms with Gasteiger partial charge in [-0.15, -0.1) is 0 Å². The van der Waals surface area contributed by atoms with E-state index >= 15 is 0 Å². The van der Waals surface area contributed by atoms with E-state index in [-0.39, 0.29) is 0 Å². The number of hydrogen-bond acceptors (Lipinski definition) is 9. The second kappa shape index (κ2) is 9.75. The molecule has 0 radical (unpaired) electrons. The Morgan fingerprint density at radius 2 is 1.56 bits per heavy atom. The molecule has 2 aromatic carbocycles. The Balaban J connectivity index is 1.40. The normalized spacial score (nSPS) is 14.1. The number of rotatable bonds is 7. The number of nitrogens with zero attached hydrogens (tertiary/aromatic N) is 6. The molecule has 174 valence electrons. The van der Waals surface area contributed by atoms with Crippen molar-refractivity contribution >= 4 is 29.4 Å². The molecule has 0 atom stereocenters. The quantitative estimate of drug-likeness (QED) is 0.384. The molecule has 0 spiro atoms. The summed E-state index contributed by atoms with van der Waals surface area (Å²) in [7, 11) is 3.78. The smallest absolute Gasteiger partial charge is 0.235 e. The van der Waals surface area contributed by atoms with Crippen molar-refractivity contribution in [1.29, 1.82) is 0 Å². The third-order valence-electron chi connectivity index (χ3n) is 5.66. The highest BCUT2D eigenvalue weighted by molar-refractivity contribution is 5.65. The van der Waals surface area contributed by atoms with Gasteiger partial charge in [-0.2, -0.15) is 20.1 Å². The number of aromatic amines is 1. The average Bonchev–Trinajstić information content (AvgIpc) is 3.33. The summed E-state index contributed by atoms with van der Waals surface area (Å²) in [6.07, 6.45) is 0. The van der Waals surface area contributed by atoms with E-state index in [1.54, 1.807) is 7.11 Å². The van der Waals surface area contributed by atoms with Gasteiger partial charge in [-0.3, -0.25) is 5.10 Å². The Kier molecular flexibility index (Phi) is 6.21. The fraction of sp³-hybridized carbons (Fsp3) is 0.250. The van der Waals surface area contributed by atoms with E-state index in [2.05, 4.69) is 52.6 Å². The molecule has 2 aromatic heterocycles. The molecule has 0 aliphatic carbocycles. The molecule has 0 unspecified atom stereocenters. The molecular weight excluding hydrogens is 430 g/mol.